The molecule has 3 amide bonds. The molecule has 0 saturated carbocycles. The zero-order valence-corrected chi connectivity index (χ0v) is 19.9. The minimum atomic E-state index is -1.39. The van der Waals surface area contributed by atoms with E-state index in [1.165, 1.54) is 41.2 Å². The number of hydrogen-bond donors (Lipinski definition) is 1. The fourth-order valence-electron chi connectivity index (χ4n) is 5.29. The van der Waals surface area contributed by atoms with Crippen LogP contribution in [0.3, 0.4) is 0 Å². The molecular weight excluding hydrogens is 453 g/mol. The minimum absolute atomic E-state index is 0.0638. The Morgan fingerprint density at radius 2 is 1.74 bits per heavy atom. The molecule has 0 unspecified atom stereocenters. The van der Waals surface area contributed by atoms with Crippen molar-refractivity contribution in [3.05, 3.63) is 71.5 Å². The lowest BCUT2D eigenvalue weighted by molar-refractivity contribution is -0.154. The molecule has 0 aliphatic carbocycles. The lowest BCUT2D eigenvalue weighted by Gasteiger charge is -2.32. The van der Waals surface area contributed by atoms with Crippen LogP contribution in [0, 0.1) is 17.7 Å². The topological polar surface area (TPSA) is 96.0 Å². The predicted octanol–water partition coefficient (Wildman–Crippen LogP) is 1.99. The Bertz CT molecular complexity index is 1140. The molecule has 35 heavy (non-hydrogen) atoms. The second kappa shape index (κ2) is 9.58. The van der Waals surface area contributed by atoms with Crippen LogP contribution in [0.25, 0.3) is 0 Å². The van der Waals surface area contributed by atoms with Crippen molar-refractivity contribution in [1.29, 1.82) is 0 Å². The highest BCUT2D eigenvalue weighted by Gasteiger charge is 2.67. The van der Waals surface area contributed by atoms with E-state index in [-0.39, 0.29) is 36.9 Å². The molecule has 0 aromatic heterocycles. The van der Waals surface area contributed by atoms with Crippen molar-refractivity contribution in [3.63, 3.8) is 0 Å². The monoisotopic (exact) mass is 481 g/mol. The number of fused-ring (bicyclic) bond motifs is 1. The number of carbonyl (C=O) groups excluding carboxylic acids is 4. The molecule has 184 valence electrons. The standard InChI is InChI=1S/C26H28FN3O5/c1-4-26(25(34)35-3)21-20(23(32)30(24(21)33)14-16-8-6-5-7-9-16)19(28-26)15-29(2)22(31)17-10-12-18(27)13-11-17/h5-13,19-21,28H,4,14-15H2,1-3H3/t19-,20+,21-,26-/m1/s1. The van der Waals surface area contributed by atoms with Crippen LogP contribution in [-0.2, 0) is 25.7 Å². The molecule has 1 N–H and O–H groups in total. The molecule has 0 radical (unpaired) electrons. The molecule has 4 rings (SSSR count). The van der Waals surface area contributed by atoms with Gasteiger partial charge in [0.2, 0.25) is 11.8 Å². The van der Waals surface area contributed by atoms with Crippen molar-refractivity contribution in [2.45, 2.75) is 31.5 Å². The SMILES string of the molecule is CC[C@@]1(C(=O)OC)N[C@H](CN(C)C(=O)c2ccc(F)cc2)[C@@H]2C(=O)N(Cc3ccccc3)C(=O)[C@@H]21. The van der Waals surface area contributed by atoms with E-state index in [4.69, 9.17) is 4.74 Å². The smallest absolute Gasteiger partial charge is 0.326 e. The minimum Gasteiger partial charge on any atom is -0.468 e. The van der Waals surface area contributed by atoms with Crippen molar-refractivity contribution in [2.75, 3.05) is 20.7 Å². The first-order valence-electron chi connectivity index (χ1n) is 11.5. The summed E-state index contributed by atoms with van der Waals surface area (Å²) in [6, 6.07) is 13.7. The molecule has 2 aliphatic heterocycles. The van der Waals surface area contributed by atoms with Gasteiger partial charge in [-0.15, -0.1) is 0 Å². The Labute approximate surface area is 203 Å². The van der Waals surface area contributed by atoms with Crippen LogP contribution in [0.1, 0.15) is 29.3 Å². The number of carbonyl (C=O) groups is 4. The summed E-state index contributed by atoms with van der Waals surface area (Å²) < 4.78 is 18.3. The van der Waals surface area contributed by atoms with E-state index in [9.17, 15) is 23.6 Å². The van der Waals surface area contributed by atoms with Crippen molar-refractivity contribution < 1.29 is 28.3 Å². The number of nitrogens with zero attached hydrogens (tertiary/aromatic N) is 2. The zero-order valence-electron chi connectivity index (χ0n) is 19.9. The number of likely N-dealkylation sites (tertiary alicyclic amines) is 1. The van der Waals surface area contributed by atoms with E-state index in [2.05, 4.69) is 5.32 Å². The summed E-state index contributed by atoms with van der Waals surface area (Å²) in [4.78, 5) is 55.6. The maximum absolute atomic E-state index is 13.6. The van der Waals surface area contributed by atoms with Gasteiger partial charge in [-0.2, -0.15) is 0 Å². The second-order valence-electron chi connectivity index (χ2n) is 9.01. The van der Waals surface area contributed by atoms with E-state index >= 15 is 0 Å². The molecule has 2 aliphatic rings. The number of methoxy groups -OCH3 is 1. The molecule has 2 fully saturated rings. The summed E-state index contributed by atoms with van der Waals surface area (Å²) in [5.74, 6) is -4.05. The molecule has 2 aromatic carbocycles. The van der Waals surface area contributed by atoms with Gasteiger partial charge in [0.1, 0.15) is 11.4 Å². The van der Waals surface area contributed by atoms with Gasteiger partial charge in [0.15, 0.2) is 0 Å². The third-order valence-electron chi connectivity index (χ3n) is 7.05. The highest BCUT2D eigenvalue weighted by atomic mass is 19.1. The van der Waals surface area contributed by atoms with E-state index in [1.807, 2.05) is 30.3 Å². The lowest BCUT2D eigenvalue weighted by atomic mass is 9.78. The van der Waals surface area contributed by atoms with Crippen molar-refractivity contribution in [2.24, 2.45) is 11.8 Å². The second-order valence-corrected chi connectivity index (χ2v) is 9.01. The summed E-state index contributed by atoms with van der Waals surface area (Å²) in [5, 5.41) is 3.20. The Kier molecular flexibility index (Phi) is 6.71. The van der Waals surface area contributed by atoms with Gasteiger partial charge < -0.3 is 9.64 Å². The molecule has 4 atom stereocenters. The Balaban J connectivity index is 1.64. The normalized spacial score (nSPS) is 25.5. The number of amides is 3. The van der Waals surface area contributed by atoms with Crippen LogP contribution in [-0.4, -0.2) is 65.8 Å². The van der Waals surface area contributed by atoms with Gasteiger partial charge in [-0.3, -0.25) is 29.4 Å². The van der Waals surface area contributed by atoms with E-state index in [0.717, 1.165) is 5.56 Å². The average molecular weight is 482 g/mol. The molecule has 0 spiro atoms. The number of halogens is 1. The van der Waals surface area contributed by atoms with Gasteiger partial charge in [0.25, 0.3) is 5.91 Å². The first-order chi connectivity index (χ1) is 16.7. The maximum atomic E-state index is 13.6. The number of hydrogen-bond acceptors (Lipinski definition) is 6. The number of esters is 1. The summed E-state index contributed by atoms with van der Waals surface area (Å²) >= 11 is 0. The number of likely N-dealkylation sites (N-methyl/N-ethyl adjacent to an activating group) is 1. The summed E-state index contributed by atoms with van der Waals surface area (Å²) in [7, 11) is 2.81. The van der Waals surface area contributed by atoms with E-state index < -0.39 is 41.1 Å². The van der Waals surface area contributed by atoms with Gasteiger partial charge in [0, 0.05) is 25.2 Å². The van der Waals surface area contributed by atoms with Crippen LogP contribution in [0.2, 0.25) is 0 Å². The number of ether oxygens (including phenoxy) is 1. The van der Waals surface area contributed by atoms with E-state index in [0.29, 0.717) is 0 Å². The highest BCUT2D eigenvalue weighted by molar-refractivity contribution is 6.09. The Morgan fingerprint density at radius 1 is 1.09 bits per heavy atom. The quantitative estimate of drug-likeness (QED) is 0.480. The van der Waals surface area contributed by atoms with Gasteiger partial charge in [-0.1, -0.05) is 37.3 Å². The Hall–Kier alpha value is -3.59. The van der Waals surface area contributed by atoms with Gasteiger partial charge >= 0.3 is 5.97 Å². The van der Waals surface area contributed by atoms with Crippen molar-refractivity contribution >= 4 is 23.7 Å². The van der Waals surface area contributed by atoms with Crippen LogP contribution >= 0.6 is 0 Å². The van der Waals surface area contributed by atoms with Gasteiger partial charge in [-0.25, -0.2) is 4.39 Å². The average Bonchev–Trinajstić information content (AvgIpc) is 3.33. The van der Waals surface area contributed by atoms with Gasteiger partial charge in [0.05, 0.1) is 25.5 Å². The maximum Gasteiger partial charge on any atom is 0.326 e. The fraction of sp³-hybridized carbons (Fsp3) is 0.385. The third kappa shape index (κ3) is 4.20. The van der Waals surface area contributed by atoms with Crippen LogP contribution in [0.15, 0.2) is 54.6 Å². The molecule has 8 nitrogen and oxygen atoms in total. The first-order valence-corrected chi connectivity index (χ1v) is 11.5. The highest BCUT2D eigenvalue weighted by Crippen LogP contribution is 2.45. The summed E-state index contributed by atoms with van der Waals surface area (Å²) in [6.07, 6.45) is 0.227. The summed E-state index contributed by atoms with van der Waals surface area (Å²) in [5.41, 5.74) is -0.303. The van der Waals surface area contributed by atoms with Crippen molar-refractivity contribution in [1.82, 2.24) is 15.1 Å². The summed E-state index contributed by atoms with van der Waals surface area (Å²) in [6.45, 7) is 1.92. The van der Waals surface area contributed by atoms with Crippen LogP contribution in [0.4, 0.5) is 4.39 Å². The first kappa shape index (κ1) is 24.5. The largest absolute Gasteiger partial charge is 0.468 e. The molecule has 0 bridgehead atoms. The lowest BCUT2D eigenvalue weighted by Crippen LogP contribution is -2.58. The number of benzene rings is 2. The van der Waals surface area contributed by atoms with E-state index in [1.54, 1.807) is 14.0 Å². The molecule has 2 aromatic rings. The van der Waals surface area contributed by atoms with Crippen LogP contribution in [0.5, 0.6) is 0 Å². The number of imide groups is 1. The molecule has 2 heterocycles. The molecular formula is C26H28FN3O5. The number of rotatable bonds is 7. The van der Waals surface area contributed by atoms with Crippen LogP contribution < -0.4 is 5.32 Å². The predicted molar refractivity (Wildman–Crippen MR) is 124 cm³/mol. The zero-order chi connectivity index (χ0) is 25.3. The van der Waals surface area contributed by atoms with Gasteiger partial charge in [-0.05, 0) is 36.2 Å². The Morgan fingerprint density at radius 3 is 2.34 bits per heavy atom. The third-order valence-corrected chi connectivity index (χ3v) is 7.05. The fourth-order valence-corrected chi connectivity index (χ4v) is 5.29. The molecule has 2 saturated heterocycles. The molecule has 9 heteroatoms. The van der Waals surface area contributed by atoms with Crippen molar-refractivity contribution in [3.8, 4) is 0 Å². The number of nitrogens with one attached hydrogen (secondary N) is 1.